The number of nitrogens with one attached hydrogen (secondary N) is 1. The zero-order chi connectivity index (χ0) is 14.2. The van der Waals surface area contributed by atoms with Crippen LogP contribution in [0.2, 0.25) is 0 Å². The third kappa shape index (κ3) is 1.81. The number of benzene rings is 3. The number of para-hydroxylation sites is 2. The monoisotopic (exact) mass is 267 g/mol. The lowest BCUT2D eigenvalue weighted by Gasteiger charge is -2.04. The predicted molar refractivity (Wildman–Crippen MR) is 89.2 cm³/mol. The maximum absolute atomic E-state index is 5.42. The van der Waals surface area contributed by atoms with Crippen LogP contribution in [0.15, 0.2) is 66.7 Å². The molecule has 1 heteroatoms. The van der Waals surface area contributed by atoms with Crippen molar-refractivity contribution in [2.45, 2.75) is 0 Å². The molecule has 0 aliphatic heterocycles. The molecular formula is C20H13N. The van der Waals surface area contributed by atoms with E-state index in [-0.39, 0.29) is 0 Å². The Labute approximate surface area is 123 Å². The fraction of sp³-hybridized carbons (Fsp3) is 0. The summed E-state index contributed by atoms with van der Waals surface area (Å²) in [4.78, 5) is 3.53. The minimum absolute atomic E-state index is 0.905. The summed E-state index contributed by atoms with van der Waals surface area (Å²) in [5.74, 6) is 2.66. The predicted octanol–water partition coefficient (Wildman–Crippen LogP) is 4.97. The van der Waals surface area contributed by atoms with Crippen LogP contribution in [0.4, 0.5) is 0 Å². The van der Waals surface area contributed by atoms with Gasteiger partial charge in [-0.15, -0.1) is 6.42 Å². The maximum atomic E-state index is 5.42. The van der Waals surface area contributed by atoms with Crippen LogP contribution in [0.1, 0.15) is 5.56 Å². The van der Waals surface area contributed by atoms with Crippen molar-refractivity contribution in [1.29, 1.82) is 0 Å². The van der Waals surface area contributed by atoms with Crippen LogP contribution in [0.25, 0.3) is 32.9 Å². The van der Waals surface area contributed by atoms with Gasteiger partial charge in [0.25, 0.3) is 0 Å². The average molecular weight is 267 g/mol. The second-order valence-electron chi connectivity index (χ2n) is 5.12. The first kappa shape index (κ1) is 11.8. The number of fused-ring (bicyclic) bond motifs is 3. The Morgan fingerprint density at radius 1 is 0.762 bits per heavy atom. The third-order valence-electron chi connectivity index (χ3n) is 3.90. The van der Waals surface area contributed by atoms with Crippen molar-refractivity contribution in [3.63, 3.8) is 0 Å². The molecule has 4 aromatic rings. The van der Waals surface area contributed by atoms with Gasteiger partial charge in [0.05, 0.1) is 5.52 Å². The smallest absolute Gasteiger partial charge is 0.0544 e. The summed E-state index contributed by atoms with van der Waals surface area (Å²) < 4.78 is 0. The highest BCUT2D eigenvalue weighted by atomic mass is 14.7. The summed E-state index contributed by atoms with van der Waals surface area (Å²) in [6.07, 6.45) is 5.42. The van der Waals surface area contributed by atoms with Crippen LogP contribution in [0, 0.1) is 12.3 Å². The molecule has 3 aromatic carbocycles. The van der Waals surface area contributed by atoms with Gasteiger partial charge >= 0.3 is 0 Å². The molecule has 0 fully saturated rings. The zero-order valence-electron chi connectivity index (χ0n) is 11.4. The molecule has 0 bridgehead atoms. The number of H-pyrrole nitrogens is 1. The number of hydrogen-bond donors (Lipinski definition) is 1. The molecule has 0 spiro atoms. The lowest BCUT2D eigenvalue weighted by Crippen LogP contribution is -1.81. The van der Waals surface area contributed by atoms with Crippen molar-refractivity contribution >= 4 is 21.8 Å². The van der Waals surface area contributed by atoms with Crippen LogP contribution in [-0.4, -0.2) is 4.98 Å². The molecule has 1 nitrogen and oxygen atoms in total. The Morgan fingerprint density at radius 3 is 2.33 bits per heavy atom. The molecule has 0 atom stereocenters. The summed E-state index contributed by atoms with van der Waals surface area (Å²) in [6.45, 7) is 0. The topological polar surface area (TPSA) is 15.8 Å². The standard InChI is InChI=1S/C20H13N/c1-2-14-10-12-15(13-11-14)16-7-5-8-18-17-6-3-4-9-19(17)21-20(16)18/h1,3-13,21H. The van der Waals surface area contributed by atoms with Gasteiger partial charge in [0.2, 0.25) is 0 Å². The van der Waals surface area contributed by atoms with Crippen LogP contribution in [0.3, 0.4) is 0 Å². The molecule has 0 saturated carbocycles. The maximum Gasteiger partial charge on any atom is 0.0544 e. The van der Waals surface area contributed by atoms with E-state index in [0.29, 0.717) is 0 Å². The first-order valence-electron chi connectivity index (χ1n) is 6.93. The molecule has 21 heavy (non-hydrogen) atoms. The molecule has 0 aliphatic rings. The summed E-state index contributed by atoms with van der Waals surface area (Å²) >= 11 is 0. The molecule has 0 unspecified atom stereocenters. The number of aromatic amines is 1. The number of terminal acetylenes is 1. The second kappa shape index (κ2) is 4.54. The normalized spacial score (nSPS) is 10.8. The van der Waals surface area contributed by atoms with E-state index in [1.54, 1.807) is 0 Å². The van der Waals surface area contributed by atoms with E-state index < -0.39 is 0 Å². The third-order valence-corrected chi connectivity index (χ3v) is 3.90. The molecule has 1 aromatic heterocycles. The van der Waals surface area contributed by atoms with Crippen LogP contribution < -0.4 is 0 Å². The van der Waals surface area contributed by atoms with Crippen molar-refractivity contribution in [3.8, 4) is 23.5 Å². The van der Waals surface area contributed by atoms with Gasteiger partial charge in [0.1, 0.15) is 0 Å². The lowest BCUT2D eigenvalue weighted by molar-refractivity contribution is 1.53. The van der Waals surface area contributed by atoms with E-state index in [4.69, 9.17) is 6.42 Å². The van der Waals surface area contributed by atoms with E-state index in [1.165, 1.54) is 32.9 Å². The van der Waals surface area contributed by atoms with Gasteiger partial charge in [-0.2, -0.15) is 0 Å². The zero-order valence-corrected chi connectivity index (χ0v) is 11.4. The van der Waals surface area contributed by atoms with Crippen molar-refractivity contribution in [2.24, 2.45) is 0 Å². The molecule has 4 rings (SSSR count). The number of hydrogen-bond acceptors (Lipinski definition) is 0. The molecule has 0 aliphatic carbocycles. The molecule has 0 saturated heterocycles. The van der Waals surface area contributed by atoms with Crippen LogP contribution in [0.5, 0.6) is 0 Å². The molecule has 1 heterocycles. The van der Waals surface area contributed by atoms with Crippen LogP contribution >= 0.6 is 0 Å². The average Bonchev–Trinajstić information content (AvgIpc) is 2.94. The first-order chi connectivity index (χ1) is 10.4. The Balaban J connectivity index is 2.02. The highest BCUT2D eigenvalue weighted by Crippen LogP contribution is 2.32. The Morgan fingerprint density at radius 2 is 1.52 bits per heavy atom. The van der Waals surface area contributed by atoms with Crippen molar-refractivity contribution in [2.75, 3.05) is 0 Å². The van der Waals surface area contributed by atoms with Gasteiger partial charge in [0.15, 0.2) is 0 Å². The Bertz CT molecular complexity index is 982. The number of aromatic nitrogens is 1. The summed E-state index contributed by atoms with van der Waals surface area (Å²) in [5, 5.41) is 2.51. The van der Waals surface area contributed by atoms with E-state index in [2.05, 4.69) is 65.5 Å². The van der Waals surface area contributed by atoms with Gasteiger partial charge in [-0.25, -0.2) is 0 Å². The van der Waals surface area contributed by atoms with Crippen molar-refractivity contribution < 1.29 is 0 Å². The van der Waals surface area contributed by atoms with Crippen LogP contribution in [-0.2, 0) is 0 Å². The van der Waals surface area contributed by atoms with Gasteiger partial charge in [-0.05, 0) is 23.8 Å². The van der Waals surface area contributed by atoms with Gasteiger partial charge in [-0.3, -0.25) is 0 Å². The SMILES string of the molecule is C#Cc1ccc(-c2cccc3c2[nH]c2ccccc23)cc1. The summed E-state index contributed by atoms with van der Waals surface area (Å²) in [7, 11) is 0. The highest BCUT2D eigenvalue weighted by Gasteiger charge is 2.08. The van der Waals surface area contributed by atoms with E-state index >= 15 is 0 Å². The molecule has 1 N–H and O–H groups in total. The second-order valence-corrected chi connectivity index (χ2v) is 5.12. The molecule has 98 valence electrons. The largest absolute Gasteiger partial charge is 0.354 e. The minimum Gasteiger partial charge on any atom is -0.354 e. The van der Waals surface area contributed by atoms with Gasteiger partial charge < -0.3 is 4.98 Å². The number of rotatable bonds is 1. The first-order valence-corrected chi connectivity index (χ1v) is 6.93. The summed E-state index contributed by atoms with van der Waals surface area (Å²) in [5.41, 5.74) is 5.62. The van der Waals surface area contributed by atoms with E-state index in [9.17, 15) is 0 Å². The fourth-order valence-corrected chi connectivity index (χ4v) is 2.86. The quantitative estimate of drug-likeness (QED) is 0.469. The molecule has 0 amide bonds. The Kier molecular flexibility index (Phi) is 2.55. The molecular weight excluding hydrogens is 254 g/mol. The fourth-order valence-electron chi connectivity index (χ4n) is 2.86. The van der Waals surface area contributed by atoms with Crippen molar-refractivity contribution in [3.05, 3.63) is 72.3 Å². The van der Waals surface area contributed by atoms with E-state index in [0.717, 1.165) is 5.56 Å². The van der Waals surface area contributed by atoms with E-state index in [1.807, 2.05) is 12.1 Å². The molecule has 0 radical (unpaired) electrons. The Hall–Kier alpha value is -2.98. The lowest BCUT2D eigenvalue weighted by atomic mass is 10.0. The minimum atomic E-state index is 0.905. The summed E-state index contributed by atoms with van der Waals surface area (Å²) in [6, 6.07) is 22.9. The van der Waals surface area contributed by atoms with Gasteiger partial charge in [0, 0.05) is 27.4 Å². The van der Waals surface area contributed by atoms with Crippen molar-refractivity contribution in [1.82, 2.24) is 4.98 Å². The highest BCUT2D eigenvalue weighted by molar-refractivity contribution is 6.11. The van der Waals surface area contributed by atoms with Gasteiger partial charge in [-0.1, -0.05) is 54.5 Å².